The van der Waals surface area contributed by atoms with Crippen molar-refractivity contribution in [1.29, 1.82) is 0 Å². The van der Waals surface area contributed by atoms with E-state index >= 15 is 0 Å². The van der Waals surface area contributed by atoms with Gasteiger partial charge < -0.3 is 4.74 Å². The third-order valence-corrected chi connectivity index (χ3v) is 3.89. The van der Waals surface area contributed by atoms with Crippen LogP contribution in [0.1, 0.15) is 11.1 Å². The lowest BCUT2D eigenvalue weighted by Crippen LogP contribution is -2.11. The summed E-state index contributed by atoms with van der Waals surface area (Å²) in [7, 11) is 0. The highest BCUT2D eigenvalue weighted by atomic mass is 79.9. The van der Waals surface area contributed by atoms with Gasteiger partial charge in [-0.25, -0.2) is 0 Å². The van der Waals surface area contributed by atoms with Crippen LogP contribution in [-0.2, 0) is 0 Å². The van der Waals surface area contributed by atoms with Crippen LogP contribution < -0.4 is 4.74 Å². The summed E-state index contributed by atoms with van der Waals surface area (Å²) < 4.78 is 42.0. The van der Waals surface area contributed by atoms with Crippen molar-refractivity contribution < 1.29 is 17.9 Å². The summed E-state index contributed by atoms with van der Waals surface area (Å²) in [6, 6.07) is 3.54. The van der Waals surface area contributed by atoms with Gasteiger partial charge in [-0.1, -0.05) is 15.9 Å². The molecule has 0 saturated heterocycles. The standard InChI is InChI=1S/C12H14BrF3OS/c1-8-5-10(17-4-3-13)6-9(2)11(8)18-7-12(14,15)16/h5-6H,3-4,7H2,1-2H3. The maximum atomic E-state index is 12.2. The van der Waals surface area contributed by atoms with Gasteiger partial charge in [0.1, 0.15) is 5.75 Å². The number of benzene rings is 1. The Kier molecular flexibility index (Phi) is 5.85. The van der Waals surface area contributed by atoms with E-state index in [0.29, 0.717) is 17.3 Å². The summed E-state index contributed by atoms with van der Waals surface area (Å²) in [6.07, 6.45) is -4.14. The third kappa shape index (κ3) is 5.10. The number of alkyl halides is 4. The average Bonchev–Trinajstić information content (AvgIpc) is 2.23. The molecule has 0 saturated carbocycles. The monoisotopic (exact) mass is 342 g/mol. The topological polar surface area (TPSA) is 9.23 Å². The minimum atomic E-state index is -4.14. The Balaban J connectivity index is 2.81. The summed E-state index contributed by atoms with van der Waals surface area (Å²) in [6.45, 7) is 4.13. The van der Waals surface area contributed by atoms with E-state index in [1.807, 2.05) is 0 Å². The van der Waals surface area contributed by atoms with Crippen molar-refractivity contribution in [3.63, 3.8) is 0 Å². The molecule has 0 fully saturated rings. The zero-order valence-corrected chi connectivity index (χ0v) is 12.5. The maximum absolute atomic E-state index is 12.2. The lowest BCUT2D eigenvalue weighted by molar-refractivity contribution is -0.105. The van der Waals surface area contributed by atoms with E-state index in [2.05, 4.69) is 15.9 Å². The fraction of sp³-hybridized carbons (Fsp3) is 0.500. The first-order chi connectivity index (χ1) is 8.33. The molecule has 18 heavy (non-hydrogen) atoms. The Labute approximate surface area is 117 Å². The normalized spacial score (nSPS) is 11.7. The molecule has 1 rings (SSSR count). The van der Waals surface area contributed by atoms with Gasteiger partial charge in [-0.3, -0.25) is 0 Å². The second-order valence-electron chi connectivity index (χ2n) is 3.83. The fourth-order valence-electron chi connectivity index (χ4n) is 1.53. The molecule has 0 amide bonds. The smallest absolute Gasteiger partial charge is 0.398 e. The van der Waals surface area contributed by atoms with Crippen molar-refractivity contribution in [2.75, 3.05) is 17.7 Å². The summed E-state index contributed by atoms with van der Waals surface area (Å²) in [5.74, 6) is -0.170. The molecule has 0 aliphatic heterocycles. The van der Waals surface area contributed by atoms with Crippen LogP contribution >= 0.6 is 27.7 Å². The predicted octanol–water partition coefficient (Wildman–Crippen LogP) is 4.73. The first-order valence-corrected chi connectivity index (χ1v) is 7.44. The van der Waals surface area contributed by atoms with Crippen molar-refractivity contribution in [3.8, 4) is 5.75 Å². The Morgan fingerprint density at radius 2 is 1.78 bits per heavy atom. The molecule has 0 heterocycles. The van der Waals surface area contributed by atoms with Crippen LogP contribution in [0.25, 0.3) is 0 Å². The number of hydrogen-bond acceptors (Lipinski definition) is 2. The van der Waals surface area contributed by atoms with Crippen LogP contribution in [0.3, 0.4) is 0 Å². The minimum Gasteiger partial charge on any atom is -0.493 e. The van der Waals surface area contributed by atoms with Gasteiger partial charge >= 0.3 is 6.18 Å². The quantitative estimate of drug-likeness (QED) is 0.565. The Morgan fingerprint density at radius 1 is 1.22 bits per heavy atom. The highest BCUT2D eigenvalue weighted by molar-refractivity contribution is 9.09. The van der Waals surface area contributed by atoms with Crippen LogP contribution in [0.4, 0.5) is 13.2 Å². The molecule has 0 aromatic heterocycles. The number of hydrogen-bond donors (Lipinski definition) is 0. The molecule has 0 spiro atoms. The van der Waals surface area contributed by atoms with Crippen LogP contribution in [0.15, 0.2) is 17.0 Å². The molecule has 1 aromatic rings. The van der Waals surface area contributed by atoms with Crippen molar-refractivity contribution in [1.82, 2.24) is 0 Å². The number of ether oxygens (including phenoxy) is 1. The minimum absolute atomic E-state index is 0.536. The molecule has 0 aliphatic carbocycles. The molecule has 0 bridgehead atoms. The van der Waals surface area contributed by atoms with Gasteiger partial charge in [0.2, 0.25) is 0 Å². The van der Waals surface area contributed by atoms with Crippen LogP contribution in [0.5, 0.6) is 5.75 Å². The van der Waals surface area contributed by atoms with Crippen molar-refractivity contribution in [2.24, 2.45) is 0 Å². The molecular formula is C12H14BrF3OS. The summed E-state index contributed by atoms with van der Waals surface area (Å²) in [5.41, 5.74) is 1.63. The number of aryl methyl sites for hydroxylation is 2. The lowest BCUT2D eigenvalue weighted by atomic mass is 10.1. The Morgan fingerprint density at radius 3 is 2.22 bits per heavy atom. The van der Waals surface area contributed by atoms with Crippen LogP contribution in [0, 0.1) is 13.8 Å². The van der Waals surface area contributed by atoms with Crippen LogP contribution in [-0.4, -0.2) is 23.9 Å². The number of rotatable bonds is 5. The molecule has 0 atom stereocenters. The van der Waals surface area contributed by atoms with Gasteiger partial charge in [-0.2, -0.15) is 13.2 Å². The molecule has 6 heteroatoms. The van der Waals surface area contributed by atoms with Crippen molar-refractivity contribution in [3.05, 3.63) is 23.3 Å². The van der Waals surface area contributed by atoms with Gasteiger partial charge in [-0.15, -0.1) is 11.8 Å². The number of thioether (sulfide) groups is 1. The summed E-state index contributed by atoms with van der Waals surface area (Å²) in [4.78, 5) is 0.679. The zero-order chi connectivity index (χ0) is 13.8. The second-order valence-corrected chi connectivity index (χ2v) is 5.61. The van der Waals surface area contributed by atoms with Gasteiger partial charge in [0, 0.05) is 10.2 Å². The SMILES string of the molecule is Cc1cc(OCCBr)cc(C)c1SCC(F)(F)F. The second kappa shape index (κ2) is 6.70. The molecule has 0 N–H and O–H groups in total. The first kappa shape index (κ1) is 15.7. The highest BCUT2D eigenvalue weighted by Crippen LogP contribution is 2.34. The molecule has 1 aromatic carbocycles. The van der Waals surface area contributed by atoms with Gasteiger partial charge in [0.25, 0.3) is 0 Å². The molecular weight excluding hydrogens is 329 g/mol. The van der Waals surface area contributed by atoms with Gasteiger partial charge in [0.05, 0.1) is 12.4 Å². The highest BCUT2D eigenvalue weighted by Gasteiger charge is 2.27. The predicted molar refractivity (Wildman–Crippen MR) is 72.0 cm³/mol. The maximum Gasteiger partial charge on any atom is 0.398 e. The van der Waals surface area contributed by atoms with Crippen molar-refractivity contribution in [2.45, 2.75) is 24.9 Å². The average molecular weight is 343 g/mol. The molecule has 0 unspecified atom stereocenters. The van der Waals surface area contributed by atoms with E-state index in [1.165, 1.54) is 0 Å². The molecule has 0 radical (unpaired) electrons. The number of halogens is 4. The molecule has 0 aliphatic rings. The first-order valence-electron chi connectivity index (χ1n) is 5.33. The van der Waals surface area contributed by atoms with E-state index in [1.54, 1.807) is 26.0 Å². The van der Waals surface area contributed by atoms with Crippen LogP contribution in [0.2, 0.25) is 0 Å². The largest absolute Gasteiger partial charge is 0.493 e. The Bertz CT molecular complexity index is 384. The van der Waals surface area contributed by atoms with E-state index in [4.69, 9.17) is 4.74 Å². The molecule has 1 nitrogen and oxygen atoms in total. The van der Waals surface area contributed by atoms with E-state index < -0.39 is 11.9 Å². The summed E-state index contributed by atoms with van der Waals surface area (Å²) in [5, 5.41) is 0.718. The lowest BCUT2D eigenvalue weighted by Gasteiger charge is -2.13. The van der Waals surface area contributed by atoms with Gasteiger partial charge in [0.15, 0.2) is 0 Å². The van der Waals surface area contributed by atoms with E-state index in [9.17, 15) is 13.2 Å². The van der Waals surface area contributed by atoms with Gasteiger partial charge in [-0.05, 0) is 37.1 Å². The zero-order valence-electron chi connectivity index (χ0n) is 10.1. The summed E-state index contributed by atoms with van der Waals surface area (Å²) >= 11 is 4.07. The van der Waals surface area contributed by atoms with E-state index in [-0.39, 0.29) is 0 Å². The van der Waals surface area contributed by atoms with E-state index in [0.717, 1.165) is 28.2 Å². The van der Waals surface area contributed by atoms with Crippen molar-refractivity contribution >= 4 is 27.7 Å². The third-order valence-electron chi connectivity index (χ3n) is 2.16. The Hall–Kier alpha value is -0.360. The molecule has 102 valence electrons. The fourth-order valence-corrected chi connectivity index (χ4v) is 2.58.